The number of carbonyl (C=O) groups is 1. The second kappa shape index (κ2) is 7.80. The number of rotatable bonds is 7. The van der Waals surface area contributed by atoms with Gasteiger partial charge in [0.1, 0.15) is 0 Å². The van der Waals surface area contributed by atoms with Gasteiger partial charge in [0.25, 0.3) is 0 Å². The highest BCUT2D eigenvalue weighted by atomic mass is 16.2. The highest BCUT2D eigenvalue weighted by Gasteiger charge is 2.06. The van der Waals surface area contributed by atoms with Crippen LogP contribution in [0.2, 0.25) is 0 Å². The van der Waals surface area contributed by atoms with Crippen molar-refractivity contribution in [3.8, 4) is 0 Å². The topological polar surface area (TPSA) is 32.3 Å². The van der Waals surface area contributed by atoms with E-state index in [-0.39, 0.29) is 5.91 Å². The Bertz CT molecular complexity index is 157. The Morgan fingerprint density at radius 3 is 2.62 bits per heavy atom. The zero-order valence-electron chi connectivity index (χ0n) is 8.68. The van der Waals surface area contributed by atoms with Gasteiger partial charge in [0.05, 0.1) is 0 Å². The van der Waals surface area contributed by atoms with Crippen molar-refractivity contribution in [1.82, 2.24) is 10.2 Å². The quantitative estimate of drug-likeness (QED) is 0.473. The van der Waals surface area contributed by atoms with Gasteiger partial charge in [-0.2, -0.15) is 0 Å². The first-order valence-electron chi connectivity index (χ1n) is 4.88. The summed E-state index contributed by atoms with van der Waals surface area (Å²) < 4.78 is 0. The van der Waals surface area contributed by atoms with Crippen LogP contribution in [0, 0.1) is 0 Å². The fourth-order valence-corrected chi connectivity index (χ4v) is 1.12. The predicted molar refractivity (Wildman–Crippen MR) is 55.6 cm³/mol. The van der Waals surface area contributed by atoms with Gasteiger partial charge in [-0.1, -0.05) is 20.4 Å². The molecule has 0 atom stereocenters. The summed E-state index contributed by atoms with van der Waals surface area (Å²) in [6, 6.07) is 0. The van der Waals surface area contributed by atoms with Crippen LogP contribution in [-0.4, -0.2) is 37.0 Å². The Labute approximate surface area is 80.8 Å². The van der Waals surface area contributed by atoms with Crippen molar-refractivity contribution in [2.45, 2.75) is 20.3 Å². The van der Waals surface area contributed by atoms with Crippen LogP contribution in [0.3, 0.4) is 0 Å². The van der Waals surface area contributed by atoms with E-state index >= 15 is 0 Å². The molecular weight excluding hydrogens is 164 g/mol. The molecule has 0 aromatic heterocycles. The second-order valence-corrected chi connectivity index (χ2v) is 2.88. The van der Waals surface area contributed by atoms with E-state index in [4.69, 9.17) is 0 Å². The average Bonchev–Trinajstić information content (AvgIpc) is 2.16. The standard InChI is InChI=1S/C10H20N2O/c1-4-8-12(10(13)5-2)9-7-11-6-3/h5,11H,2,4,6-9H2,1,3H3. The van der Waals surface area contributed by atoms with Crippen LogP contribution in [0.15, 0.2) is 12.7 Å². The Hall–Kier alpha value is -0.830. The van der Waals surface area contributed by atoms with E-state index in [0.29, 0.717) is 0 Å². The molecule has 0 saturated carbocycles. The maximum Gasteiger partial charge on any atom is 0.245 e. The molecular formula is C10H20N2O. The zero-order chi connectivity index (χ0) is 10.1. The molecule has 0 rings (SSSR count). The maximum absolute atomic E-state index is 11.3. The lowest BCUT2D eigenvalue weighted by Crippen LogP contribution is -2.36. The van der Waals surface area contributed by atoms with E-state index < -0.39 is 0 Å². The van der Waals surface area contributed by atoms with E-state index in [1.807, 2.05) is 4.90 Å². The number of hydrogen-bond donors (Lipinski definition) is 1. The summed E-state index contributed by atoms with van der Waals surface area (Å²) in [5, 5.41) is 3.19. The van der Waals surface area contributed by atoms with Crippen LogP contribution >= 0.6 is 0 Å². The lowest BCUT2D eigenvalue weighted by atomic mass is 10.3. The van der Waals surface area contributed by atoms with Gasteiger partial charge in [-0.05, 0) is 19.0 Å². The molecule has 0 bridgehead atoms. The fraction of sp³-hybridized carbons (Fsp3) is 0.700. The minimum Gasteiger partial charge on any atom is -0.338 e. The van der Waals surface area contributed by atoms with Gasteiger partial charge in [-0.25, -0.2) is 0 Å². The Morgan fingerprint density at radius 1 is 1.46 bits per heavy atom. The van der Waals surface area contributed by atoms with Gasteiger partial charge in [-0.3, -0.25) is 4.79 Å². The number of nitrogens with zero attached hydrogens (tertiary/aromatic N) is 1. The first-order valence-corrected chi connectivity index (χ1v) is 4.88. The van der Waals surface area contributed by atoms with Crippen LogP contribution in [0.4, 0.5) is 0 Å². The first-order chi connectivity index (χ1) is 6.26. The summed E-state index contributed by atoms with van der Waals surface area (Å²) in [6.07, 6.45) is 2.37. The molecule has 1 N–H and O–H groups in total. The molecule has 0 saturated heterocycles. The van der Waals surface area contributed by atoms with E-state index in [2.05, 4.69) is 25.7 Å². The molecule has 1 amide bonds. The molecule has 0 fully saturated rings. The molecule has 0 aliphatic heterocycles. The van der Waals surface area contributed by atoms with Crippen LogP contribution in [-0.2, 0) is 4.79 Å². The third-order valence-electron chi connectivity index (χ3n) is 1.79. The van der Waals surface area contributed by atoms with Crippen molar-refractivity contribution in [3.63, 3.8) is 0 Å². The Morgan fingerprint density at radius 2 is 2.15 bits per heavy atom. The van der Waals surface area contributed by atoms with Gasteiger partial charge < -0.3 is 10.2 Å². The van der Waals surface area contributed by atoms with Crippen LogP contribution in [0.5, 0.6) is 0 Å². The summed E-state index contributed by atoms with van der Waals surface area (Å²) in [5.41, 5.74) is 0. The third-order valence-corrected chi connectivity index (χ3v) is 1.79. The van der Waals surface area contributed by atoms with Crippen molar-refractivity contribution in [1.29, 1.82) is 0 Å². The van der Waals surface area contributed by atoms with Crippen molar-refractivity contribution in [2.24, 2.45) is 0 Å². The highest BCUT2D eigenvalue weighted by Crippen LogP contribution is 1.92. The molecule has 0 heterocycles. The highest BCUT2D eigenvalue weighted by molar-refractivity contribution is 5.86. The van der Waals surface area contributed by atoms with Gasteiger partial charge in [0, 0.05) is 19.6 Å². The van der Waals surface area contributed by atoms with Crippen molar-refractivity contribution in [3.05, 3.63) is 12.7 Å². The normalized spacial score (nSPS) is 9.69. The summed E-state index contributed by atoms with van der Waals surface area (Å²) >= 11 is 0. The van der Waals surface area contributed by atoms with Crippen LogP contribution in [0.25, 0.3) is 0 Å². The molecule has 76 valence electrons. The molecule has 0 spiro atoms. The number of amides is 1. The molecule has 3 heteroatoms. The summed E-state index contributed by atoms with van der Waals surface area (Å²) in [5.74, 6) is 0.0275. The number of carbonyl (C=O) groups excluding carboxylic acids is 1. The third kappa shape index (κ3) is 5.42. The van der Waals surface area contributed by atoms with Crippen LogP contribution < -0.4 is 5.32 Å². The monoisotopic (exact) mass is 184 g/mol. The zero-order valence-corrected chi connectivity index (χ0v) is 8.68. The number of nitrogens with one attached hydrogen (secondary N) is 1. The molecule has 0 aromatic rings. The minimum atomic E-state index is 0.0275. The molecule has 3 nitrogen and oxygen atoms in total. The van der Waals surface area contributed by atoms with E-state index in [0.717, 1.165) is 32.6 Å². The molecule has 0 radical (unpaired) electrons. The minimum absolute atomic E-state index is 0.0275. The first kappa shape index (κ1) is 12.2. The van der Waals surface area contributed by atoms with Gasteiger partial charge in [-0.15, -0.1) is 0 Å². The lowest BCUT2D eigenvalue weighted by molar-refractivity contribution is -0.126. The largest absolute Gasteiger partial charge is 0.338 e. The van der Waals surface area contributed by atoms with Gasteiger partial charge in [0.15, 0.2) is 0 Å². The summed E-state index contributed by atoms with van der Waals surface area (Å²) in [6.45, 7) is 11.0. The van der Waals surface area contributed by atoms with Crippen molar-refractivity contribution >= 4 is 5.91 Å². The lowest BCUT2D eigenvalue weighted by Gasteiger charge is -2.20. The predicted octanol–water partition coefficient (Wildman–Crippen LogP) is 1.02. The molecule has 0 aliphatic rings. The maximum atomic E-state index is 11.3. The van der Waals surface area contributed by atoms with Crippen molar-refractivity contribution < 1.29 is 4.79 Å². The van der Waals surface area contributed by atoms with E-state index in [1.165, 1.54) is 6.08 Å². The number of likely N-dealkylation sites (N-methyl/N-ethyl adjacent to an activating group) is 1. The molecule has 0 aliphatic carbocycles. The van der Waals surface area contributed by atoms with Crippen molar-refractivity contribution in [2.75, 3.05) is 26.2 Å². The molecule has 0 aromatic carbocycles. The van der Waals surface area contributed by atoms with E-state index in [1.54, 1.807) is 0 Å². The average molecular weight is 184 g/mol. The van der Waals surface area contributed by atoms with Crippen LogP contribution in [0.1, 0.15) is 20.3 Å². The fourth-order valence-electron chi connectivity index (χ4n) is 1.12. The summed E-state index contributed by atoms with van der Waals surface area (Å²) in [4.78, 5) is 13.1. The van der Waals surface area contributed by atoms with E-state index in [9.17, 15) is 4.79 Å². The van der Waals surface area contributed by atoms with Gasteiger partial charge in [0.2, 0.25) is 5.91 Å². The number of hydrogen-bond acceptors (Lipinski definition) is 2. The second-order valence-electron chi connectivity index (χ2n) is 2.88. The molecule has 13 heavy (non-hydrogen) atoms. The van der Waals surface area contributed by atoms with Gasteiger partial charge >= 0.3 is 0 Å². The summed E-state index contributed by atoms with van der Waals surface area (Å²) in [7, 11) is 0. The smallest absolute Gasteiger partial charge is 0.245 e. The Balaban J connectivity index is 3.79. The molecule has 0 unspecified atom stereocenters. The Kier molecular flexibility index (Phi) is 7.30. The SMILES string of the molecule is C=CC(=O)N(CCC)CCNCC.